The van der Waals surface area contributed by atoms with Gasteiger partial charge in [-0.1, -0.05) is 30.3 Å². The molecule has 1 N–H and O–H groups in total. The molecule has 0 fully saturated rings. The Labute approximate surface area is 89.2 Å². The van der Waals surface area contributed by atoms with Gasteiger partial charge >= 0.3 is 0 Å². The van der Waals surface area contributed by atoms with Crippen molar-refractivity contribution >= 4 is 0 Å². The number of aryl methyl sites for hydroxylation is 1. The van der Waals surface area contributed by atoms with Crippen LogP contribution in [0.5, 0.6) is 0 Å². The van der Waals surface area contributed by atoms with E-state index >= 15 is 0 Å². The molecule has 2 heteroatoms. The highest BCUT2D eigenvalue weighted by molar-refractivity contribution is 5.66. The van der Waals surface area contributed by atoms with E-state index in [1.807, 2.05) is 43.3 Å². The van der Waals surface area contributed by atoms with E-state index in [-0.39, 0.29) is 6.61 Å². The third-order valence-electron chi connectivity index (χ3n) is 2.46. The number of aliphatic hydroxyl groups excluding tert-OH is 1. The van der Waals surface area contributed by atoms with Crippen molar-refractivity contribution in [2.24, 2.45) is 0 Å². The second-order valence-corrected chi connectivity index (χ2v) is 3.48. The quantitative estimate of drug-likeness (QED) is 0.806. The molecule has 0 amide bonds. The minimum Gasteiger partial charge on any atom is -0.392 e. The van der Waals surface area contributed by atoms with Crippen LogP contribution in [0.2, 0.25) is 0 Å². The summed E-state index contributed by atoms with van der Waals surface area (Å²) in [6.07, 6.45) is 1.75. The van der Waals surface area contributed by atoms with Crippen LogP contribution in [0, 0.1) is 6.92 Å². The van der Waals surface area contributed by atoms with E-state index < -0.39 is 0 Å². The molecular weight excluding hydrogens is 186 g/mol. The molecular formula is C13H13NO. The molecule has 0 spiro atoms. The second kappa shape index (κ2) is 4.24. The molecule has 0 radical (unpaired) electrons. The Balaban J connectivity index is 2.59. The van der Waals surface area contributed by atoms with Crippen LogP contribution in [-0.2, 0) is 6.61 Å². The van der Waals surface area contributed by atoms with Crippen LogP contribution >= 0.6 is 0 Å². The van der Waals surface area contributed by atoms with Gasteiger partial charge in [-0.25, -0.2) is 0 Å². The van der Waals surface area contributed by atoms with Gasteiger partial charge in [-0.3, -0.25) is 4.98 Å². The van der Waals surface area contributed by atoms with Gasteiger partial charge < -0.3 is 5.11 Å². The number of hydrogen-bond acceptors (Lipinski definition) is 2. The zero-order valence-electron chi connectivity index (χ0n) is 8.64. The lowest BCUT2D eigenvalue weighted by Gasteiger charge is -2.08. The van der Waals surface area contributed by atoms with E-state index in [9.17, 15) is 5.11 Å². The largest absolute Gasteiger partial charge is 0.392 e. The van der Waals surface area contributed by atoms with E-state index in [2.05, 4.69) is 4.98 Å². The molecule has 1 aromatic heterocycles. The number of aliphatic hydroxyl groups is 1. The first-order valence-corrected chi connectivity index (χ1v) is 4.93. The van der Waals surface area contributed by atoms with Crippen molar-refractivity contribution in [2.75, 3.05) is 0 Å². The molecule has 0 unspecified atom stereocenters. The highest BCUT2D eigenvalue weighted by Gasteiger charge is 2.06. The normalized spacial score (nSPS) is 10.3. The molecule has 0 saturated heterocycles. The maximum absolute atomic E-state index is 9.23. The SMILES string of the molecule is Cc1ccccc1-c1ncccc1CO. The highest BCUT2D eigenvalue weighted by Crippen LogP contribution is 2.24. The topological polar surface area (TPSA) is 33.1 Å². The second-order valence-electron chi connectivity index (χ2n) is 3.48. The van der Waals surface area contributed by atoms with E-state index in [1.165, 1.54) is 5.56 Å². The van der Waals surface area contributed by atoms with Crippen LogP contribution in [0.4, 0.5) is 0 Å². The van der Waals surface area contributed by atoms with Crippen molar-refractivity contribution in [3.63, 3.8) is 0 Å². The van der Waals surface area contributed by atoms with E-state index in [4.69, 9.17) is 0 Å². The van der Waals surface area contributed by atoms with Crippen LogP contribution in [0.25, 0.3) is 11.3 Å². The molecule has 1 aromatic carbocycles. The molecule has 0 bridgehead atoms. The summed E-state index contributed by atoms with van der Waals surface area (Å²) in [7, 11) is 0. The average molecular weight is 199 g/mol. The lowest BCUT2D eigenvalue weighted by molar-refractivity contribution is 0.282. The lowest BCUT2D eigenvalue weighted by atomic mass is 10.0. The van der Waals surface area contributed by atoms with Gasteiger partial charge in [0.05, 0.1) is 12.3 Å². The third-order valence-corrected chi connectivity index (χ3v) is 2.46. The van der Waals surface area contributed by atoms with Gasteiger partial charge in [0.15, 0.2) is 0 Å². The van der Waals surface area contributed by atoms with E-state index in [0.29, 0.717) is 0 Å². The van der Waals surface area contributed by atoms with Crippen LogP contribution < -0.4 is 0 Å². The molecule has 76 valence electrons. The molecule has 2 rings (SSSR count). The zero-order chi connectivity index (χ0) is 10.7. The first-order valence-electron chi connectivity index (χ1n) is 4.93. The summed E-state index contributed by atoms with van der Waals surface area (Å²) in [5, 5.41) is 9.23. The maximum Gasteiger partial charge on any atom is 0.0759 e. The van der Waals surface area contributed by atoms with Crippen LogP contribution in [0.3, 0.4) is 0 Å². The van der Waals surface area contributed by atoms with Crippen molar-refractivity contribution in [3.8, 4) is 11.3 Å². The first-order chi connectivity index (χ1) is 7.33. The van der Waals surface area contributed by atoms with Crippen molar-refractivity contribution in [2.45, 2.75) is 13.5 Å². The van der Waals surface area contributed by atoms with Crippen LogP contribution in [0.15, 0.2) is 42.6 Å². The Morgan fingerprint density at radius 1 is 1.13 bits per heavy atom. The molecule has 0 atom stereocenters. The number of hydrogen-bond donors (Lipinski definition) is 1. The van der Waals surface area contributed by atoms with Gasteiger partial charge in [-0.05, 0) is 18.6 Å². The summed E-state index contributed by atoms with van der Waals surface area (Å²) < 4.78 is 0. The Kier molecular flexibility index (Phi) is 2.79. The number of aromatic nitrogens is 1. The highest BCUT2D eigenvalue weighted by atomic mass is 16.3. The monoisotopic (exact) mass is 199 g/mol. The number of rotatable bonds is 2. The van der Waals surface area contributed by atoms with Gasteiger partial charge in [-0.2, -0.15) is 0 Å². The molecule has 0 saturated carbocycles. The van der Waals surface area contributed by atoms with Gasteiger partial charge in [0, 0.05) is 17.3 Å². The summed E-state index contributed by atoms with van der Waals surface area (Å²) >= 11 is 0. The Bertz CT molecular complexity index is 466. The predicted molar refractivity (Wildman–Crippen MR) is 60.3 cm³/mol. The standard InChI is InChI=1S/C13H13NO/c1-10-5-2-3-7-12(10)13-11(9-15)6-4-8-14-13/h2-8,15H,9H2,1H3. The fraction of sp³-hybridized carbons (Fsp3) is 0.154. The van der Waals surface area contributed by atoms with Gasteiger partial charge in [-0.15, -0.1) is 0 Å². The lowest BCUT2D eigenvalue weighted by Crippen LogP contribution is -1.93. The van der Waals surface area contributed by atoms with Crippen molar-refractivity contribution < 1.29 is 5.11 Å². The number of nitrogens with zero attached hydrogens (tertiary/aromatic N) is 1. The van der Waals surface area contributed by atoms with Crippen LogP contribution in [0.1, 0.15) is 11.1 Å². The van der Waals surface area contributed by atoms with Crippen molar-refractivity contribution in [1.29, 1.82) is 0 Å². The number of benzene rings is 1. The molecule has 0 aliphatic rings. The van der Waals surface area contributed by atoms with Gasteiger partial charge in [0.2, 0.25) is 0 Å². The van der Waals surface area contributed by atoms with Gasteiger partial charge in [0.1, 0.15) is 0 Å². The molecule has 0 aliphatic heterocycles. The smallest absolute Gasteiger partial charge is 0.0759 e. The fourth-order valence-electron chi connectivity index (χ4n) is 1.65. The molecule has 0 aliphatic carbocycles. The molecule has 2 nitrogen and oxygen atoms in total. The fourth-order valence-corrected chi connectivity index (χ4v) is 1.65. The summed E-state index contributed by atoms with van der Waals surface area (Å²) in [5.41, 5.74) is 4.00. The van der Waals surface area contributed by atoms with Gasteiger partial charge in [0.25, 0.3) is 0 Å². The first kappa shape index (κ1) is 9.87. The Hall–Kier alpha value is -1.67. The minimum absolute atomic E-state index is 0.0253. The summed E-state index contributed by atoms with van der Waals surface area (Å²) in [6.45, 7) is 2.07. The zero-order valence-corrected chi connectivity index (χ0v) is 8.64. The predicted octanol–water partition coefficient (Wildman–Crippen LogP) is 2.55. The van der Waals surface area contributed by atoms with Crippen LogP contribution in [-0.4, -0.2) is 10.1 Å². The third kappa shape index (κ3) is 1.90. The minimum atomic E-state index is 0.0253. The number of pyridine rings is 1. The molecule has 2 aromatic rings. The summed E-state index contributed by atoms with van der Waals surface area (Å²) in [4.78, 5) is 4.32. The molecule has 1 heterocycles. The van der Waals surface area contributed by atoms with E-state index in [0.717, 1.165) is 16.8 Å². The Morgan fingerprint density at radius 3 is 2.67 bits per heavy atom. The van der Waals surface area contributed by atoms with Crippen molar-refractivity contribution in [1.82, 2.24) is 4.98 Å². The molecule has 15 heavy (non-hydrogen) atoms. The van der Waals surface area contributed by atoms with E-state index in [1.54, 1.807) is 6.20 Å². The average Bonchev–Trinajstić information content (AvgIpc) is 2.30. The summed E-state index contributed by atoms with van der Waals surface area (Å²) in [6, 6.07) is 11.8. The Morgan fingerprint density at radius 2 is 1.93 bits per heavy atom. The summed E-state index contributed by atoms with van der Waals surface area (Å²) in [5.74, 6) is 0. The maximum atomic E-state index is 9.23. The van der Waals surface area contributed by atoms with Crippen molar-refractivity contribution in [3.05, 3.63) is 53.7 Å².